The summed E-state index contributed by atoms with van der Waals surface area (Å²) in [4.78, 5) is 19.2. The van der Waals surface area contributed by atoms with E-state index in [1.54, 1.807) is 41.3 Å². The molecule has 1 aliphatic rings. The number of halogens is 1. The second-order valence-corrected chi connectivity index (χ2v) is 7.32. The third kappa shape index (κ3) is 4.65. The summed E-state index contributed by atoms with van der Waals surface area (Å²) in [6.45, 7) is 2.63. The van der Waals surface area contributed by atoms with Crippen LogP contribution in [0.4, 0.5) is 4.39 Å². The van der Waals surface area contributed by atoms with E-state index < -0.39 is 0 Å². The van der Waals surface area contributed by atoms with Gasteiger partial charge < -0.3 is 5.32 Å². The second-order valence-electron chi connectivity index (χ2n) is 7.32. The van der Waals surface area contributed by atoms with E-state index in [4.69, 9.17) is 0 Å². The lowest BCUT2D eigenvalue weighted by Crippen LogP contribution is -2.44. The molecule has 29 heavy (non-hydrogen) atoms. The van der Waals surface area contributed by atoms with Crippen molar-refractivity contribution in [1.29, 1.82) is 0 Å². The maximum Gasteiger partial charge on any atom is 0.253 e. The highest BCUT2D eigenvalue weighted by atomic mass is 19.1. The van der Waals surface area contributed by atoms with Crippen LogP contribution in [0, 0.1) is 5.82 Å². The van der Waals surface area contributed by atoms with Crippen molar-refractivity contribution >= 4 is 5.91 Å². The Bertz CT molecular complexity index is 979. The summed E-state index contributed by atoms with van der Waals surface area (Å²) in [5, 5.41) is 11.0. The third-order valence-corrected chi connectivity index (χ3v) is 5.26. The fourth-order valence-corrected chi connectivity index (χ4v) is 3.53. The van der Waals surface area contributed by atoms with Crippen molar-refractivity contribution < 1.29 is 9.18 Å². The van der Waals surface area contributed by atoms with Crippen molar-refractivity contribution in [2.24, 2.45) is 7.05 Å². The number of hydrogen-bond acceptors (Lipinski definition) is 5. The van der Waals surface area contributed by atoms with Gasteiger partial charge in [0.1, 0.15) is 5.82 Å². The molecule has 1 aromatic carbocycles. The monoisotopic (exact) mass is 394 g/mol. The van der Waals surface area contributed by atoms with E-state index in [1.165, 1.54) is 12.1 Å². The van der Waals surface area contributed by atoms with Gasteiger partial charge in [-0.15, -0.1) is 5.10 Å². The van der Waals surface area contributed by atoms with E-state index in [0.717, 1.165) is 38.2 Å². The minimum atomic E-state index is -0.308. The molecule has 0 bridgehead atoms. The molecule has 4 rings (SSSR count). The smallest absolute Gasteiger partial charge is 0.253 e. The molecule has 0 saturated carbocycles. The van der Waals surface area contributed by atoms with Gasteiger partial charge in [-0.25, -0.2) is 4.39 Å². The normalized spacial score (nSPS) is 15.4. The number of aryl methyl sites for hydroxylation is 1. The first-order chi connectivity index (χ1) is 14.1. The molecule has 150 valence electrons. The van der Waals surface area contributed by atoms with Crippen LogP contribution in [0.1, 0.15) is 28.9 Å². The molecular formula is C21H23FN6O. The number of rotatable bonds is 5. The Kier molecular flexibility index (Phi) is 5.62. The van der Waals surface area contributed by atoms with Gasteiger partial charge in [-0.2, -0.15) is 0 Å². The average molecular weight is 394 g/mol. The molecule has 0 radical (unpaired) electrons. The number of amides is 1. The van der Waals surface area contributed by atoms with Gasteiger partial charge in [0.15, 0.2) is 0 Å². The van der Waals surface area contributed by atoms with Crippen molar-refractivity contribution in [3.63, 3.8) is 0 Å². The van der Waals surface area contributed by atoms with E-state index in [9.17, 15) is 9.18 Å². The Morgan fingerprint density at radius 2 is 2.03 bits per heavy atom. The summed E-state index contributed by atoms with van der Waals surface area (Å²) in [6, 6.07) is 9.87. The van der Waals surface area contributed by atoms with Crippen LogP contribution < -0.4 is 5.32 Å². The minimum absolute atomic E-state index is 0.127. The number of nitrogens with zero attached hydrogens (tertiary/aromatic N) is 5. The second kappa shape index (κ2) is 8.48. The third-order valence-electron chi connectivity index (χ3n) is 5.26. The molecule has 1 aliphatic heterocycles. The lowest BCUT2D eigenvalue weighted by molar-refractivity contribution is 0.0908. The van der Waals surface area contributed by atoms with Crippen molar-refractivity contribution in [3.8, 4) is 11.3 Å². The fraction of sp³-hybridized carbons (Fsp3) is 0.333. The SMILES string of the molecule is Cn1nncc1CN1CCC(NC(=O)c2ccc(-c3cccc(F)c3)nc2)CC1. The van der Waals surface area contributed by atoms with Crippen LogP contribution in [0.15, 0.2) is 48.8 Å². The lowest BCUT2D eigenvalue weighted by Gasteiger charge is -2.32. The molecule has 1 saturated heterocycles. The van der Waals surface area contributed by atoms with Gasteiger partial charge in [0.05, 0.1) is 23.1 Å². The number of carbonyl (C=O) groups excluding carboxylic acids is 1. The summed E-state index contributed by atoms with van der Waals surface area (Å²) >= 11 is 0. The largest absolute Gasteiger partial charge is 0.349 e. The van der Waals surface area contributed by atoms with Crippen LogP contribution in [0.3, 0.4) is 0 Å². The van der Waals surface area contributed by atoms with Crippen LogP contribution in [-0.2, 0) is 13.6 Å². The van der Waals surface area contributed by atoms with Crippen molar-refractivity contribution in [1.82, 2.24) is 30.2 Å². The maximum atomic E-state index is 13.4. The molecule has 2 aromatic heterocycles. The Hall–Kier alpha value is -3.13. The van der Waals surface area contributed by atoms with E-state index in [0.29, 0.717) is 16.8 Å². The zero-order valence-electron chi connectivity index (χ0n) is 16.3. The Balaban J connectivity index is 1.30. The predicted octanol–water partition coefficient (Wildman–Crippen LogP) is 2.41. The summed E-state index contributed by atoms with van der Waals surface area (Å²) in [7, 11) is 1.89. The summed E-state index contributed by atoms with van der Waals surface area (Å²) in [5.74, 6) is -0.435. The minimum Gasteiger partial charge on any atom is -0.349 e. The van der Waals surface area contributed by atoms with Crippen molar-refractivity contribution in [3.05, 3.63) is 65.9 Å². The van der Waals surface area contributed by atoms with E-state index in [-0.39, 0.29) is 17.8 Å². The first-order valence-electron chi connectivity index (χ1n) is 9.67. The maximum absolute atomic E-state index is 13.4. The zero-order valence-corrected chi connectivity index (χ0v) is 16.3. The number of hydrogen-bond donors (Lipinski definition) is 1. The van der Waals surface area contributed by atoms with Gasteiger partial charge in [-0.05, 0) is 37.1 Å². The van der Waals surface area contributed by atoms with Gasteiger partial charge in [0.2, 0.25) is 0 Å². The van der Waals surface area contributed by atoms with E-state index >= 15 is 0 Å². The summed E-state index contributed by atoms with van der Waals surface area (Å²) < 4.78 is 15.2. The molecular weight excluding hydrogens is 371 g/mol. The van der Waals surface area contributed by atoms with Crippen LogP contribution >= 0.6 is 0 Å². The van der Waals surface area contributed by atoms with Crippen molar-refractivity contribution in [2.75, 3.05) is 13.1 Å². The molecule has 1 N–H and O–H groups in total. The van der Waals surface area contributed by atoms with Crippen LogP contribution in [0.25, 0.3) is 11.3 Å². The summed E-state index contributed by atoms with van der Waals surface area (Å²) in [6.07, 6.45) is 5.12. The number of likely N-dealkylation sites (tertiary alicyclic amines) is 1. The molecule has 0 unspecified atom stereocenters. The molecule has 0 atom stereocenters. The molecule has 1 amide bonds. The standard InChI is InChI=1S/C21H23FN6O/c1-27-19(13-24-26-27)14-28-9-7-18(8-10-28)25-21(29)16-5-6-20(23-12-16)15-3-2-4-17(22)11-15/h2-6,11-13,18H,7-10,14H2,1H3,(H,25,29). The molecule has 0 spiro atoms. The van der Waals surface area contributed by atoms with Gasteiger partial charge in [0, 0.05) is 44.5 Å². The van der Waals surface area contributed by atoms with Gasteiger partial charge in [-0.1, -0.05) is 17.3 Å². The molecule has 0 aliphatic carbocycles. The van der Waals surface area contributed by atoms with Crippen LogP contribution in [-0.4, -0.2) is 49.9 Å². The number of pyridine rings is 1. The molecule has 8 heteroatoms. The van der Waals surface area contributed by atoms with Crippen molar-refractivity contribution in [2.45, 2.75) is 25.4 Å². The number of nitrogens with one attached hydrogen (secondary N) is 1. The van der Waals surface area contributed by atoms with Crippen LogP contribution in [0.5, 0.6) is 0 Å². The van der Waals surface area contributed by atoms with Gasteiger partial charge in [-0.3, -0.25) is 19.4 Å². The Morgan fingerprint density at radius 3 is 2.69 bits per heavy atom. The van der Waals surface area contributed by atoms with E-state index in [1.807, 2.05) is 7.05 Å². The highest BCUT2D eigenvalue weighted by Gasteiger charge is 2.22. The topological polar surface area (TPSA) is 75.9 Å². The van der Waals surface area contributed by atoms with Gasteiger partial charge in [0.25, 0.3) is 5.91 Å². The number of aromatic nitrogens is 4. The lowest BCUT2D eigenvalue weighted by atomic mass is 10.0. The molecule has 7 nitrogen and oxygen atoms in total. The Labute approximate surface area is 168 Å². The predicted molar refractivity (Wildman–Crippen MR) is 106 cm³/mol. The first-order valence-corrected chi connectivity index (χ1v) is 9.67. The summed E-state index contributed by atoms with van der Waals surface area (Å²) in [5.41, 5.74) is 2.91. The Morgan fingerprint density at radius 1 is 1.21 bits per heavy atom. The highest BCUT2D eigenvalue weighted by molar-refractivity contribution is 5.94. The molecule has 3 heterocycles. The zero-order chi connectivity index (χ0) is 20.2. The highest BCUT2D eigenvalue weighted by Crippen LogP contribution is 2.18. The van der Waals surface area contributed by atoms with Crippen LogP contribution in [0.2, 0.25) is 0 Å². The average Bonchev–Trinajstić information content (AvgIpc) is 3.14. The molecule has 1 fully saturated rings. The quantitative estimate of drug-likeness (QED) is 0.719. The number of carbonyl (C=O) groups is 1. The van der Waals surface area contributed by atoms with Gasteiger partial charge >= 0.3 is 0 Å². The number of piperidine rings is 1. The fourth-order valence-electron chi connectivity index (χ4n) is 3.53. The number of benzene rings is 1. The molecule has 3 aromatic rings. The van der Waals surface area contributed by atoms with E-state index in [2.05, 4.69) is 25.5 Å². The first kappa shape index (κ1) is 19.2.